The quantitative estimate of drug-likeness (QED) is 0.598. The summed E-state index contributed by atoms with van der Waals surface area (Å²) in [5, 5.41) is 0. The van der Waals surface area contributed by atoms with Crippen LogP contribution in [0.2, 0.25) is 0 Å². The number of hydrogen-bond donors (Lipinski definition) is 0. The molecule has 0 N–H and O–H groups in total. The van der Waals surface area contributed by atoms with Crippen molar-refractivity contribution in [1.29, 1.82) is 0 Å². The van der Waals surface area contributed by atoms with Gasteiger partial charge in [0.2, 0.25) is 0 Å². The molecule has 0 radical (unpaired) electrons. The molecular weight excluding hydrogens is 141 g/mol. The first-order chi connectivity index (χ1) is 5.09. The largest absolute Gasteiger partial charge is 0.298 e. The van der Waals surface area contributed by atoms with Crippen LogP contribution in [-0.2, 0) is 0 Å². The summed E-state index contributed by atoms with van der Waals surface area (Å²) in [4.78, 5) is 2.31. The van der Waals surface area contributed by atoms with Crippen molar-refractivity contribution in [3.63, 3.8) is 0 Å². The van der Waals surface area contributed by atoms with Gasteiger partial charge in [-0.1, -0.05) is 0 Å². The van der Waals surface area contributed by atoms with Crippen molar-refractivity contribution in [2.75, 3.05) is 13.2 Å². The van der Waals surface area contributed by atoms with Gasteiger partial charge in [-0.15, -0.1) is 0 Å². The molecule has 0 unspecified atom stereocenters. The maximum atomic E-state index is 11.9. The highest BCUT2D eigenvalue weighted by molar-refractivity contribution is 4.66. The molecule has 0 bridgehead atoms. The van der Waals surface area contributed by atoms with Gasteiger partial charge in [-0.3, -0.25) is 9.29 Å². The third-order valence-electron chi connectivity index (χ3n) is 1.88. The van der Waals surface area contributed by atoms with Gasteiger partial charge in [0.25, 0.3) is 0 Å². The molecule has 0 saturated heterocycles. The zero-order chi connectivity index (χ0) is 8.85. The molecular formula is C9H20FN. The van der Waals surface area contributed by atoms with Crippen molar-refractivity contribution >= 4 is 0 Å². The van der Waals surface area contributed by atoms with Gasteiger partial charge in [-0.2, -0.15) is 0 Å². The summed E-state index contributed by atoms with van der Waals surface area (Å²) in [5.74, 6) is 0. The number of rotatable bonds is 5. The Bertz CT molecular complexity index is 83.6. The molecule has 0 saturated carbocycles. The predicted molar refractivity (Wildman–Crippen MR) is 47.6 cm³/mol. The van der Waals surface area contributed by atoms with Gasteiger partial charge < -0.3 is 0 Å². The van der Waals surface area contributed by atoms with E-state index in [-0.39, 0.29) is 6.67 Å². The van der Waals surface area contributed by atoms with Gasteiger partial charge in [0, 0.05) is 18.6 Å². The highest BCUT2D eigenvalue weighted by Crippen LogP contribution is 2.05. The lowest BCUT2D eigenvalue weighted by molar-refractivity contribution is 0.168. The summed E-state index contributed by atoms with van der Waals surface area (Å²) in [6, 6.07) is 1.06. The number of nitrogens with zero attached hydrogens (tertiary/aromatic N) is 1. The molecule has 1 nitrogen and oxygen atoms in total. The van der Waals surface area contributed by atoms with Crippen LogP contribution in [0.4, 0.5) is 4.39 Å². The Labute approximate surface area is 69.6 Å². The molecule has 0 spiro atoms. The summed E-state index contributed by atoms with van der Waals surface area (Å²) in [7, 11) is 0. The van der Waals surface area contributed by atoms with Gasteiger partial charge in [0.1, 0.15) is 0 Å². The summed E-state index contributed by atoms with van der Waals surface area (Å²) >= 11 is 0. The summed E-state index contributed by atoms with van der Waals surface area (Å²) in [5.41, 5.74) is 0. The van der Waals surface area contributed by atoms with Crippen LogP contribution in [0.5, 0.6) is 0 Å². The van der Waals surface area contributed by atoms with E-state index in [4.69, 9.17) is 0 Å². The van der Waals surface area contributed by atoms with E-state index < -0.39 is 0 Å². The lowest BCUT2D eigenvalue weighted by atomic mass is 10.2. The summed E-state index contributed by atoms with van der Waals surface area (Å²) in [6.45, 7) is 9.29. The van der Waals surface area contributed by atoms with Crippen molar-refractivity contribution in [2.45, 2.75) is 46.2 Å². The highest BCUT2D eigenvalue weighted by Gasteiger charge is 2.11. The lowest BCUT2D eigenvalue weighted by Gasteiger charge is -2.29. The van der Waals surface area contributed by atoms with E-state index in [1.165, 1.54) is 0 Å². The van der Waals surface area contributed by atoms with E-state index in [1.807, 2.05) is 0 Å². The van der Waals surface area contributed by atoms with E-state index in [0.29, 0.717) is 18.5 Å². The molecule has 0 fully saturated rings. The van der Waals surface area contributed by atoms with Crippen LogP contribution >= 0.6 is 0 Å². The van der Waals surface area contributed by atoms with E-state index in [0.717, 1.165) is 6.54 Å². The topological polar surface area (TPSA) is 3.24 Å². The molecule has 0 aromatic carbocycles. The number of alkyl halides is 1. The van der Waals surface area contributed by atoms with Crippen molar-refractivity contribution in [2.24, 2.45) is 0 Å². The molecule has 11 heavy (non-hydrogen) atoms. The second-order valence-electron chi connectivity index (χ2n) is 3.47. The minimum atomic E-state index is -0.198. The Morgan fingerprint density at radius 1 is 1.09 bits per heavy atom. The third-order valence-corrected chi connectivity index (χ3v) is 1.88. The monoisotopic (exact) mass is 161 g/mol. The SMILES string of the molecule is CC(C)N(CCCF)C(C)C. The average Bonchev–Trinajstić information content (AvgIpc) is 1.87. The molecule has 0 heterocycles. The number of hydrogen-bond acceptors (Lipinski definition) is 1. The fourth-order valence-corrected chi connectivity index (χ4v) is 1.36. The zero-order valence-corrected chi connectivity index (χ0v) is 8.10. The van der Waals surface area contributed by atoms with Crippen molar-refractivity contribution in [3.05, 3.63) is 0 Å². The summed E-state index contributed by atoms with van der Waals surface area (Å²) < 4.78 is 11.9. The van der Waals surface area contributed by atoms with Crippen LogP contribution in [0.15, 0.2) is 0 Å². The first-order valence-electron chi connectivity index (χ1n) is 4.41. The predicted octanol–water partition coefficient (Wildman–Crippen LogP) is 2.46. The second-order valence-corrected chi connectivity index (χ2v) is 3.47. The van der Waals surface area contributed by atoms with Gasteiger partial charge in [-0.05, 0) is 34.1 Å². The van der Waals surface area contributed by atoms with Crippen LogP contribution < -0.4 is 0 Å². The van der Waals surface area contributed by atoms with Crippen LogP contribution in [0, 0.1) is 0 Å². The molecule has 0 aliphatic carbocycles. The Kier molecular flexibility index (Phi) is 5.47. The standard InChI is InChI=1S/C9H20FN/c1-8(2)11(9(3)4)7-5-6-10/h8-9H,5-7H2,1-4H3. The molecule has 0 aliphatic rings. The van der Waals surface area contributed by atoms with E-state index in [9.17, 15) is 4.39 Å². The first kappa shape index (κ1) is 10.9. The third kappa shape index (κ3) is 4.35. The van der Waals surface area contributed by atoms with E-state index in [2.05, 4.69) is 32.6 Å². The van der Waals surface area contributed by atoms with Crippen LogP contribution in [-0.4, -0.2) is 30.2 Å². The minimum Gasteiger partial charge on any atom is -0.298 e. The fraction of sp³-hybridized carbons (Fsp3) is 1.00. The Balaban J connectivity index is 3.70. The Morgan fingerprint density at radius 2 is 1.55 bits per heavy atom. The fourth-order valence-electron chi connectivity index (χ4n) is 1.36. The molecule has 0 rings (SSSR count). The average molecular weight is 161 g/mol. The van der Waals surface area contributed by atoms with Crippen molar-refractivity contribution in [3.8, 4) is 0 Å². The maximum Gasteiger partial charge on any atom is 0.0906 e. The molecule has 0 atom stereocenters. The Hall–Kier alpha value is -0.110. The smallest absolute Gasteiger partial charge is 0.0906 e. The van der Waals surface area contributed by atoms with Gasteiger partial charge in [0.05, 0.1) is 6.67 Å². The van der Waals surface area contributed by atoms with Crippen molar-refractivity contribution < 1.29 is 4.39 Å². The lowest BCUT2D eigenvalue weighted by Crippen LogP contribution is -2.37. The molecule has 0 amide bonds. The summed E-state index contributed by atoms with van der Waals surface area (Å²) in [6.07, 6.45) is 0.663. The van der Waals surface area contributed by atoms with Gasteiger partial charge >= 0.3 is 0 Å². The Morgan fingerprint density at radius 3 is 1.82 bits per heavy atom. The highest BCUT2D eigenvalue weighted by atomic mass is 19.1. The molecule has 0 aliphatic heterocycles. The zero-order valence-electron chi connectivity index (χ0n) is 8.10. The van der Waals surface area contributed by atoms with Gasteiger partial charge in [-0.25, -0.2) is 0 Å². The van der Waals surface area contributed by atoms with Crippen LogP contribution in [0.3, 0.4) is 0 Å². The van der Waals surface area contributed by atoms with E-state index in [1.54, 1.807) is 0 Å². The van der Waals surface area contributed by atoms with Crippen LogP contribution in [0.25, 0.3) is 0 Å². The van der Waals surface area contributed by atoms with Gasteiger partial charge in [0.15, 0.2) is 0 Å². The number of halogens is 1. The molecule has 68 valence electrons. The first-order valence-corrected chi connectivity index (χ1v) is 4.41. The second kappa shape index (κ2) is 5.53. The van der Waals surface area contributed by atoms with Crippen LogP contribution in [0.1, 0.15) is 34.1 Å². The van der Waals surface area contributed by atoms with E-state index >= 15 is 0 Å². The normalized spacial score (nSPS) is 12.0. The van der Waals surface area contributed by atoms with Crippen molar-refractivity contribution in [1.82, 2.24) is 4.90 Å². The molecule has 2 heteroatoms. The molecule has 0 aromatic rings. The maximum absolute atomic E-state index is 11.9. The molecule has 0 aromatic heterocycles. The minimum absolute atomic E-state index is 0.198.